The van der Waals surface area contributed by atoms with Crippen LogP contribution in [0.3, 0.4) is 0 Å². The van der Waals surface area contributed by atoms with Crippen LogP contribution in [-0.2, 0) is 0 Å². The van der Waals surface area contributed by atoms with Crippen molar-refractivity contribution in [2.45, 2.75) is 13.3 Å². The molecule has 0 aliphatic heterocycles. The third-order valence-electron chi connectivity index (χ3n) is 2.51. The zero-order valence-electron chi connectivity index (χ0n) is 10.8. The second kappa shape index (κ2) is 7.46. The molecule has 0 aliphatic rings. The van der Waals surface area contributed by atoms with E-state index in [-0.39, 0.29) is 5.78 Å². The third kappa shape index (κ3) is 4.19. The SMILES string of the molecule is CCOc1ccccc1C(=O)CN(C)CCC#N. The summed E-state index contributed by atoms with van der Waals surface area (Å²) in [7, 11) is 1.83. The normalized spacial score (nSPS) is 10.1. The van der Waals surface area contributed by atoms with Crippen LogP contribution in [0.4, 0.5) is 0 Å². The Morgan fingerprint density at radius 1 is 1.44 bits per heavy atom. The molecule has 0 spiro atoms. The number of hydrogen-bond donors (Lipinski definition) is 0. The molecule has 4 nitrogen and oxygen atoms in total. The molecule has 0 saturated heterocycles. The van der Waals surface area contributed by atoms with Crippen molar-refractivity contribution in [3.8, 4) is 11.8 Å². The molecule has 0 unspecified atom stereocenters. The van der Waals surface area contributed by atoms with Crippen LogP contribution >= 0.6 is 0 Å². The van der Waals surface area contributed by atoms with Gasteiger partial charge in [-0.3, -0.25) is 9.69 Å². The number of nitriles is 1. The van der Waals surface area contributed by atoms with E-state index in [0.29, 0.717) is 37.4 Å². The van der Waals surface area contributed by atoms with Gasteiger partial charge in [0.1, 0.15) is 5.75 Å². The molecule has 4 heteroatoms. The highest BCUT2D eigenvalue weighted by Gasteiger charge is 2.13. The first kappa shape index (κ1) is 14.2. The number of nitrogens with zero attached hydrogens (tertiary/aromatic N) is 2. The Balaban J connectivity index is 2.69. The van der Waals surface area contributed by atoms with Crippen molar-refractivity contribution in [3.05, 3.63) is 29.8 Å². The summed E-state index contributed by atoms with van der Waals surface area (Å²) in [6.45, 7) is 3.32. The number of hydrogen-bond acceptors (Lipinski definition) is 4. The van der Waals surface area contributed by atoms with Gasteiger partial charge >= 0.3 is 0 Å². The zero-order chi connectivity index (χ0) is 13.4. The Labute approximate surface area is 108 Å². The number of carbonyl (C=O) groups excluding carboxylic acids is 1. The fourth-order valence-electron chi connectivity index (χ4n) is 1.63. The lowest BCUT2D eigenvalue weighted by Crippen LogP contribution is -2.27. The van der Waals surface area contributed by atoms with Gasteiger partial charge in [0.2, 0.25) is 0 Å². The lowest BCUT2D eigenvalue weighted by Gasteiger charge is -2.15. The zero-order valence-corrected chi connectivity index (χ0v) is 10.8. The quantitative estimate of drug-likeness (QED) is 0.691. The summed E-state index contributed by atoms with van der Waals surface area (Å²) in [5.41, 5.74) is 0.600. The smallest absolute Gasteiger partial charge is 0.180 e. The molecule has 18 heavy (non-hydrogen) atoms. The maximum atomic E-state index is 12.1. The average molecular weight is 246 g/mol. The van der Waals surface area contributed by atoms with E-state index < -0.39 is 0 Å². The van der Waals surface area contributed by atoms with Gasteiger partial charge < -0.3 is 4.74 Å². The summed E-state index contributed by atoms with van der Waals surface area (Å²) in [5, 5.41) is 8.50. The average Bonchev–Trinajstić information content (AvgIpc) is 2.37. The van der Waals surface area contributed by atoms with Crippen molar-refractivity contribution in [2.24, 2.45) is 0 Å². The van der Waals surface area contributed by atoms with E-state index in [0.717, 1.165) is 0 Å². The monoisotopic (exact) mass is 246 g/mol. The minimum absolute atomic E-state index is 0.0134. The summed E-state index contributed by atoms with van der Waals surface area (Å²) < 4.78 is 5.43. The molecule has 0 heterocycles. The molecule has 0 aliphatic carbocycles. The summed E-state index contributed by atoms with van der Waals surface area (Å²) in [5.74, 6) is 0.637. The first-order valence-electron chi connectivity index (χ1n) is 5.99. The second-order valence-corrected chi connectivity index (χ2v) is 4.00. The molecule has 0 fully saturated rings. The van der Waals surface area contributed by atoms with E-state index in [1.165, 1.54) is 0 Å². The molecule has 0 saturated carbocycles. The number of ether oxygens (including phenoxy) is 1. The lowest BCUT2D eigenvalue weighted by molar-refractivity contribution is 0.0943. The van der Waals surface area contributed by atoms with Crippen LogP contribution in [-0.4, -0.2) is 37.4 Å². The number of para-hydroxylation sites is 1. The fourth-order valence-corrected chi connectivity index (χ4v) is 1.63. The summed E-state index contributed by atoms with van der Waals surface area (Å²) in [6.07, 6.45) is 0.427. The van der Waals surface area contributed by atoms with E-state index >= 15 is 0 Å². The highest BCUT2D eigenvalue weighted by Crippen LogP contribution is 2.18. The Bertz CT molecular complexity index is 438. The number of ketones is 1. The maximum Gasteiger partial charge on any atom is 0.180 e. The number of carbonyl (C=O) groups is 1. The van der Waals surface area contributed by atoms with Gasteiger partial charge in [-0.25, -0.2) is 0 Å². The second-order valence-electron chi connectivity index (χ2n) is 4.00. The minimum Gasteiger partial charge on any atom is -0.493 e. The van der Waals surface area contributed by atoms with Crippen LogP contribution < -0.4 is 4.74 Å². The molecule has 1 aromatic rings. The van der Waals surface area contributed by atoms with Crippen LogP contribution in [0.25, 0.3) is 0 Å². The molecule has 1 rings (SSSR count). The number of rotatable bonds is 7. The first-order chi connectivity index (χ1) is 8.69. The van der Waals surface area contributed by atoms with Crippen LogP contribution in [0.2, 0.25) is 0 Å². The van der Waals surface area contributed by atoms with Gasteiger partial charge in [-0.1, -0.05) is 12.1 Å². The molecular formula is C14H18N2O2. The maximum absolute atomic E-state index is 12.1. The van der Waals surface area contributed by atoms with Gasteiger partial charge in [-0.05, 0) is 26.1 Å². The summed E-state index contributed by atoms with van der Waals surface area (Å²) in [4.78, 5) is 14.0. The van der Waals surface area contributed by atoms with E-state index in [9.17, 15) is 4.79 Å². The van der Waals surface area contributed by atoms with Crippen molar-refractivity contribution in [2.75, 3.05) is 26.7 Å². The standard InChI is InChI=1S/C14H18N2O2/c1-3-18-14-8-5-4-7-12(14)13(17)11-16(2)10-6-9-15/h4-5,7-8H,3,6,10-11H2,1-2H3. The van der Waals surface area contributed by atoms with E-state index in [2.05, 4.69) is 6.07 Å². The van der Waals surface area contributed by atoms with Gasteiger partial charge in [0.25, 0.3) is 0 Å². The van der Waals surface area contributed by atoms with Crippen LogP contribution in [0.15, 0.2) is 24.3 Å². The Hall–Kier alpha value is -1.86. The predicted molar refractivity (Wildman–Crippen MR) is 69.7 cm³/mol. The van der Waals surface area contributed by atoms with E-state index in [1.807, 2.05) is 31.0 Å². The van der Waals surface area contributed by atoms with Gasteiger partial charge in [-0.15, -0.1) is 0 Å². The number of benzene rings is 1. The molecule has 96 valence electrons. The molecule has 0 aromatic heterocycles. The van der Waals surface area contributed by atoms with Gasteiger partial charge in [0.15, 0.2) is 5.78 Å². The Kier molecular flexibility index (Phi) is 5.89. The number of likely N-dealkylation sites (N-methyl/N-ethyl adjacent to an activating group) is 1. The molecule has 0 bridgehead atoms. The minimum atomic E-state index is 0.0134. The highest BCUT2D eigenvalue weighted by molar-refractivity contribution is 6.00. The van der Waals surface area contributed by atoms with Crippen molar-refractivity contribution in [1.29, 1.82) is 5.26 Å². The van der Waals surface area contributed by atoms with Crippen LogP contribution in [0.5, 0.6) is 5.75 Å². The molecule has 0 atom stereocenters. The predicted octanol–water partition coefficient (Wildman–Crippen LogP) is 2.11. The van der Waals surface area contributed by atoms with E-state index in [4.69, 9.17) is 10.00 Å². The van der Waals surface area contributed by atoms with Crippen molar-refractivity contribution >= 4 is 5.78 Å². The topological polar surface area (TPSA) is 53.3 Å². The first-order valence-corrected chi connectivity index (χ1v) is 5.99. The van der Waals surface area contributed by atoms with E-state index in [1.54, 1.807) is 12.1 Å². The van der Waals surface area contributed by atoms with Crippen LogP contribution in [0, 0.1) is 11.3 Å². The van der Waals surface area contributed by atoms with Gasteiger partial charge in [0, 0.05) is 13.0 Å². The Morgan fingerprint density at radius 2 is 2.17 bits per heavy atom. The fraction of sp³-hybridized carbons (Fsp3) is 0.429. The van der Waals surface area contributed by atoms with Crippen molar-refractivity contribution in [3.63, 3.8) is 0 Å². The lowest BCUT2D eigenvalue weighted by atomic mass is 10.1. The van der Waals surface area contributed by atoms with Crippen LogP contribution in [0.1, 0.15) is 23.7 Å². The van der Waals surface area contributed by atoms with Crippen molar-refractivity contribution in [1.82, 2.24) is 4.90 Å². The molecule has 0 radical (unpaired) electrons. The Morgan fingerprint density at radius 3 is 2.83 bits per heavy atom. The third-order valence-corrected chi connectivity index (χ3v) is 2.51. The summed E-state index contributed by atoms with van der Waals surface area (Å²) >= 11 is 0. The number of Topliss-reactive ketones (excluding diaryl/α,β-unsaturated/α-hetero) is 1. The molecular weight excluding hydrogens is 228 g/mol. The highest BCUT2D eigenvalue weighted by atomic mass is 16.5. The largest absolute Gasteiger partial charge is 0.493 e. The molecule has 0 amide bonds. The summed E-state index contributed by atoms with van der Waals surface area (Å²) in [6, 6.07) is 9.31. The molecule has 0 N–H and O–H groups in total. The van der Waals surface area contributed by atoms with Gasteiger partial charge in [-0.2, -0.15) is 5.26 Å². The molecule has 1 aromatic carbocycles. The van der Waals surface area contributed by atoms with Crippen molar-refractivity contribution < 1.29 is 9.53 Å². The van der Waals surface area contributed by atoms with Gasteiger partial charge in [0.05, 0.1) is 24.8 Å².